The molecular formula is C24H26N2O3S. The van der Waals surface area contributed by atoms with Crippen molar-refractivity contribution < 1.29 is 13.2 Å². The van der Waals surface area contributed by atoms with Gasteiger partial charge in [-0.05, 0) is 80.3 Å². The zero-order valence-corrected chi connectivity index (χ0v) is 18.4. The van der Waals surface area contributed by atoms with Gasteiger partial charge in [0.1, 0.15) is 0 Å². The molecule has 3 aromatic rings. The lowest BCUT2D eigenvalue weighted by molar-refractivity contribution is 0.0940. The van der Waals surface area contributed by atoms with Crippen molar-refractivity contribution in [1.29, 1.82) is 0 Å². The third-order valence-corrected chi connectivity index (χ3v) is 6.52. The van der Waals surface area contributed by atoms with E-state index in [-0.39, 0.29) is 16.8 Å². The maximum Gasteiger partial charge on any atom is 0.261 e. The third kappa shape index (κ3) is 4.89. The van der Waals surface area contributed by atoms with Gasteiger partial charge in [0.25, 0.3) is 15.9 Å². The summed E-state index contributed by atoms with van der Waals surface area (Å²) < 4.78 is 27.6. The van der Waals surface area contributed by atoms with Crippen LogP contribution in [0.2, 0.25) is 0 Å². The highest BCUT2D eigenvalue weighted by Gasteiger charge is 2.17. The Labute approximate surface area is 178 Å². The molecule has 0 spiro atoms. The van der Waals surface area contributed by atoms with E-state index in [1.807, 2.05) is 13.8 Å². The number of nitrogens with one attached hydrogen (secondary N) is 2. The van der Waals surface area contributed by atoms with Gasteiger partial charge >= 0.3 is 0 Å². The van der Waals surface area contributed by atoms with Crippen molar-refractivity contribution in [1.82, 2.24) is 5.32 Å². The van der Waals surface area contributed by atoms with E-state index in [1.54, 1.807) is 36.4 Å². The summed E-state index contributed by atoms with van der Waals surface area (Å²) in [5.74, 6) is -0.263. The van der Waals surface area contributed by atoms with Crippen LogP contribution in [0.4, 0.5) is 5.69 Å². The number of aryl methyl sites for hydroxylation is 3. The number of benzene rings is 3. The monoisotopic (exact) mass is 422 g/mol. The predicted octanol–water partition coefficient (Wildman–Crippen LogP) is 4.90. The van der Waals surface area contributed by atoms with Gasteiger partial charge in [0.15, 0.2) is 0 Å². The summed E-state index contributed by atoms with van der Waals surface area (Å²) in [7, 11) is -3.72. The SMILES string of the molecule is Cc1cc(C)c([C@H](C)NC(=O)c2cccc(NS(=O)(=O)c3ccccc3)c2)cc1C. The molecule has 0 aliphatic heterocycles. The van der Waals surface area contributed by atoms with E-state index < -0.39 is 10.0 Å². The molecule has 0 aromatic heterocycles. The minimum atomic E-state index is -3.72. The highest BCUT2D eigenvalue weighted by Crippen LogP contribution is 2.23. The summed E-state index contributed by atoms with van der Waals surface area (Å²) in [6.45, 7) is 8.09. The van der Waals surface area contributed by atoms with Crippen LogP contribution in [0.5, 0.6) is 0 Å². The highest BCUT2D eigenvalue weighted by molar-refractivity contribution is 7.92. The molecule has 0 aliphatic carbocycles. The second kappa shape index (κ2) is 8.71. The van der Waals surface area contributed by atoms with Gasteiger partial charge in [-0.25, -0.2) is 8.42 Å². The van der Waals surface area contributed by atoms with E-state index in [9.17, 15) is 13.2 Å². The zero-order valence-electron chi connectivity index (χ0n) is 17.6. The summed E-state index contributed by atoms with van der Waals surface area (Å²) in [5, 5.41) is 3.01. The molecule has 0 saturated heterocycles. The van der Waals surface area contributed by atoms with E-state index in [0.717, 1.165) is 11.1 Å². The molecule has 1 atom stereocenters. The van der Waals surface area contributed by atoms with Crippen LogP contribution in [0.1, 0.15) is 45.6 Å². The molecule has 0 aliphatic rings. The number of anilines is 1. The summed E-state index contributed by atoms with van der Waals surface area (Å²) in [5.41, 5.74) is 5.29. The topological polar surface area (TPSA) is 75.3 Å². The molecule has 5 nitrogen and oxygen atoms in total. The van der Waals surface area contributed by atoms with Crippen molar-refractivity contribution in [3.8, 4) is 0 Å². The fourth-order valence-electron chi connectivity index (χ4n) is 3.34. The third-order valence-electron chi connectivity index (χ3n) is 5.13. The second-order valence-corrected chi connectivity index (χ2v) is 9.17. The van der Waals surface area contributed by atoms with Crippen molar-refractivity contribution in [3.05, 3.63) is 94.5 Å². The van der Waals surface area contributed by atoms with Gasteiger partial charge in [-0.2, -0.15) is 0 Å². The van der Waals surface area contributed by atoms with Crippen LogP contribution in [-0.2, 0) is 10.0 Å². The molecule has 2 N–H and O–H groups in total. The number of hydrogen-bond donors (Lipinski definition) is 2. The van der Waals surface area contributed by atoms with Crippen molar-refractivity contribution in [2.45, 2.75) is 38.6 Å². The molecule has 0 radical (unpaired) electrons. The maximum atomic E-state index is 12.8. The van der Waals surface area contributed by atoms with Crippen molar-refractivity contribution in [2.24, 2.45) is 0 Å². The number of amides is 1. The summed E-state index contributed by atoms with van der Waals surface area (Å²) in [6.07, 6.45) is 0. The molecular weight excluding hydrogens is 396 g/mol. The van der Waals surface area contributed by atoms with Gasteiger partial charge in [0, 0.05) is 11.3 Å². The largest absolute Gasteiger partial charge is 0.346 e. The average molecular weight is 423 g/mol. The van der Waals surface area contributed by atoms with Crippen LogP contribution in [-0.4, -0.2) is 14.3 Å². The molecule has 1 amide bonds. The van der Waals surface area contributed by atoms with Crippen molar-refractivity contribution in [3.63, 3.8) is 0 Å². The average Bonchev–Trinajstić information content (AvgIpc) is 2.71. The molecule has 30 heavy (non-hydrogen) atoms. The van der Waals surface area contributed by atoms with Crippen LogP contribution in [0.25, 0.3) is 0 Å². The fraction of sp³-hybridized carbons (Fsp3) is 0.208. The number of carbonyl (C=O) groups excluding carboxylic acids is 1. The maximum absolute atomic E-state index is 12.8. The van der Waals surface area contributed by atoms with Gasteiger partial charge in [-0.3, -0.25) is 9.52 Å². The number of sulfonamides is 1. The molecule has 0 heterocycles. The first-order valence-corrected chi connectivity index (χ1v) is 11.2. The molecule has 6 heteroatoms. The van der Waals surface area contributed by atoms with Crippen LogP contribution >= 0.6 is 0 Å². The van der Waals surface area contributed by atoms with Crippen molar-refractivity contribution in [2.75, 3.05) is 4.72 Å². The van der Waals surface area contributed by atoms with Gasteiger partial charge < -0.3 is 5.32 Å². The molecule has 3 aromatic carbocycles. The lowest BCUT2D eigenvalue weighted by atomic mass is 9.96. The standard InChI is InChI=1S/C24H26N2O3S/c1-16-13-18(3)23(14-17(16)2)19(4)25-24(27)20-9-8-10-21(15-20)26-30(28,29)22-11-6-5-7-12-22/h5-15,19,26H,1-4H3,(H,25,27)/t19-/m0/s1. The van der Waals surface area contributed by atoms with Crippen LogP contribution < -0.4 is 10.0 Å². The summed E-state index contributed by atoms with van der Waals surface area (Å²) >= 11 is 0. The smallest absolute Gasteiger partial charge is 0.261 e. The fourth-order valence-corrected chi connectivity index (χ4v) is 4.42. The lowest BCUT2D eigenvalue weighted by Gasteiger charge is -2.19. The quantitative estimate of drug-likeness (QED) is 0.593. The Hall–Kier alpha value is -3.12. The molecule has 0 unspecified atom stereocenters. The lowest BCUT2D eigenvalue weighted by Crippen LogP contribution is -2.27. The van der Waals surface area contributed by atoms with E-state index in [0.29, 0.717) is 11.3 Å². The first-order valence-electron chi connectivity index (χ1n) is 9.74. The number of hydrogen-bond acceptors (Lipinski definition) is 3. The van der Waals surface area contributed by atoms with Gasteiger partial charge in [0.2, 0.25) is 0 Å². The molecule has 0 saturated carbocycles. The van der Waals surface area contributed by atoms with Gasteiger partial charge in [-0.1, -0.05) is 36.4 Å². The first kappa shape index (κ1) is 21.6. The van der Waals surface area contributed by atoms with Crippen molar-refractivity contribution >= 4 is 21.6 Å². The minimum absolute atomic E-state index is 0.165. The molecule has 156 valence electrons. The Morgan fingerprint density at radius 1 is 0.833 bits per heavy atom. The van der Waals surface area contributed by atoms with Gasteiger partial charge in [0.05, 0.1) is 10.9 Å². The second-order valence-electron chi connectivity index (χ2n) is 7.49. The van der Waals surface area contributed by atoms with Gasteiger partial charge in [-0.15, -0.1) is 0 Å². The number of rotatable bonds is 6. The molecule has 3 rings (SSSR count). The Morgan fingerprint density at radius 2 is 1.50 bits per heavy atom. The Bertz CT molecular complexity index is 1170. The molecule has 0 bridgehead atoms. The van der Waals surface area contributed by atoms with Crippen LogP contribution in [0, 0.1) is 20.8 Å². The van der Waals surface area contributed by atoms with E-state index in [1.165, 1.54) is 29.3 Å². The normalized spacial score (nSPS) is 12.3. The van der Waals surface area contributed by atoms with Crippen LogP contribution in [0.3, 0.4) is 0 Å². The Balaban J connectivity index is 1.77. The molecule has 0 fully saturated rings. The zero-order chi connectivity index (χ0) is 21.9. The van der Waals surface area contributed by atoms with E-state index >= 15 is 0 Å². The predicted molar refractivity (Wildman–Crippen MR) is 120 cm³/mol. The Morgan fingerprint density at radius 3 is 2.20 bits per heavy atom. The first-order chi connectivity index (χ1) is 14.2. The summed E-state index contributed by atoms with van der Waals surface area (Å²) in [4.78, 5) is 13.0. The summed E-state index contributed by atoms with van der Waals surface area (Å²) in [6, 6.07) is 18.6. The Kier molecular flexibility index (Phi) is 6.27. The number of carbonyl (C=O) groups is 1. The van der Waals surface area contributed by atoms with E-state index in [4.69, 9.17) is 0 Å². The van der Waals surface area contributed by atoms with Crippen LogP contribution in [0.15, 0.2) is 71.6 Å². The highest BCUT2D eigenvalue weighted by atomic mass is 32.2. The minimum Gasteiger partial charge on any atom is -0.346 e. The van der Waals surface area contributed by atoms with E-state index in [2.05, 4.69) is 36.0 Å².